The molecule has 0 aliphatic carbocycles. The van der Waals surface area contributed by atoms with Gasteiger partial charge in [-0.25, -0.2) is 9.07 Å². The van der Waals surface area contributed by atoms with Crippen molar-refractivity contribution in [3.05, 3.63) is 53.0 Å². The Balaban J connectivity index is 2.17. The van der Waals surface area contributed by atoms with Crippen molar-refractivity contribution < 1.29 is 19.1 Å². The van der Waals surface area contributed by atoms with Gasteiger partial charge >= 0.3 is 0 Å². The number of amides is 1. The topological polar surface area (TPSA) is 88.7 Å². The second-order valence-corrected chi connectivity index (χ2v) is 5.90. The summed E-state index contributed by atoms with van der Waals surface area (Å²) in [5.74, 6) is -1.22. The number of hydrogen-bond acceptors (Lipinski definition) is 5. The van der Waals surface area contributed by atoms with Gasteiger partial charge in [-0.05, 0) is 37.2 Å². The fourth-order valence-electron chi connectivity index (χ4n) is 2.09. The molecule has 138 valence electrons. The van der Waals surface area contributed by atoms with Crippen LogP contribution < -0.4 is 10.1 Å². The molecule has 2 N–H and O–H groups in total. The van der Waals surface area contributed by atoms with Crippen molar-refractivity contribution in [3.8, 4) is 11.6 Å². The Bertz CT molecular complexity index is 863. The van der Waals surface area contributed by atoms with E-state index in [9.17, 15) is 9.18 Å². The number of benzene rings is 1. The minimum Gasteiger partial charge on any atom is -0.416 e. The fraction of sp³-hybridized carbons (Fsp3) is 0.235. The number of halogens is 2. The molecule has 1 atom stereocenters. The molecule has 0 aliphatic rings. The highest BCUT2D eigenvalue weighted by molar-refractivity contribution is 6.30. The maximum absolute atomic E-state index is 13.9. The summed E-state index contributed by atoms with van der Waals surface area (Å²) in [6.45, 7) is 3.41. The Kier molecular flexibility index (Phi) is 6.35. The van der Waals surface area contributed by atoms with E-state index in [0.717, 1.165) is 0 Å². The van der Waals surface area contributed by atoms with E-state index < -0.39 is 11.7 Å². The van der Waals surface area contributed by atoms with Gasteiger partial charge in [0.15, 0.2) is 0 Å². The van der Waals surface area contributed by atoms with Crippen LogP contribution in [-0.4, -0.2) is 33.8 Å². The van der Waals surface area contributed by atoms with Gasteiger partial charge < -0.3 is 15.3 Å². The summed E-state index contributed by atoms with van der Waals surface area (Å²) in [5.41, 5.74) is 0.812. The predicted molar refractivity (Wildman–Crippen MR) is 95.4 cm³/mol. The normalized spacial score (nSPS) is 13.4. The minimum absolute atomic E-state index is 0.0868. The van der Waals surface area contributed by atoms with Crippen LogP contribution in [0.2, 0.25) is 5.02 Å². The van der Waals surface area contributed by atoms with Crippen LogP contribution in [-0.2, 0) is 4.79 Å². The van der Waals surface area contributed by atoms with Gasteiger partial charge in [0.1, 0.15) is 11.5 Å². The average molecular weight is 381 g/mol. The van der Waals surface area contributed by atoms with Crippen molar-refractivity contribution in [2.24, 2.45) is 11.1 Å². The quantitative estimate of drug-likeness (QED) is 0.361. The zero-order valence-electron chi connectivity index (χ0n) is 14.4. The van der Waals surface area contributed by atoms with Crippen LogP contribution in [0.5, 0.6) is 5.88 Å². The first-order valence-corrected chi connectivity index (χ1v) is 8.04. The van der Waals surface area contributed by atoms with Crippen molar-refractivity contribution in [2.75, 3.05) is 7.05 Å². The Morgan fingerprint density at radius 2 is 2.23 bits per heavy atom. The Labute approximate surface area is 154 Å². The summed E-state index contributed by atoms with van der Waals surface area (Å²) in [5, 5.41) is 19.0. The maximum atomic E-state index is 13.9. The van der Waals surface area contributed by atoms with Crippen LogP contribution in [0.4, 0.5) is 4.39 Å². The molecule has 0 bridgehead atoms. The number of hydrogen-bond donors (Lipinski definition) is 2. The predicted octanol–water partition coefficient (Wildman–Crippen LogP) is 3.16. The molecule has 0 saturated carbocycles. The van der Waals surface area contributed by atoms with Crippen molar-refractivity contribution in [3.63, 3.8) is 0 Å². The molecular weight excluding hydrogens is 363 g/mol. The highest BCUT2D eigenvalue weighted by Gasteiger charge is 2.15. The highest BCUT2D eigenvalue weighted by atomic mass is 35.5. The molecule has 0 fully saturated rings. The van der Waals surface area contributed by atoms with Crippen molar-refractivity contribution >= 4 is 23.4 Å². The summed E-state index contributed by atoms with van der Waals surface area (Å²) in [7, 11) is 1.53. The lowest BCUT2D eigenvalue weighted by atomic mass is 10.0. The molecule has 1 heterocycles. The molecule has 2 rings (SSSR count). The molecule has 0 radical (unpaired) electrons. The standard InChI is InChI=1S/C17H18ClFN4O3/c1-10(11(2)17(24)20-3)8-16(22-25)26-15-6-7-23(21-15)14-5-4-12(18)9-13(14)19/h4-9,11,25H,1-3H3,(H,20,24)/b10-8-,22-16-. The Morgan fingerprint density at radius 3 is 2.85 bits per heavy atom. The number of oxime groups is 1. The first-order chi connectivity index (χ1) is 12.3. The SMILES string of the molecule is CNC(=O)C(C)/C(C)=C\C(=N\O)Oc1ccn(-c2ccc(Cl)cc2F)n1. The van der Waals surface area contributed by atoms with Crippen molar-refractivity contribution in [2.45, 2.75) is 13.8 Å². The second-order valence-electron chi connectivity index (χ2n) is 5.46. The summed E-state index contributed by atoms with van der Waals surface area (Å²) in [6, 6.07) is 5.66. The van der Waals surface area contributed by atoms with Crippen LogP contribution >= 0.6 is 11.6 Å². The summed E-state index contributed by atoms with van der Waals surface area (Å²) in [6.07, 6.45) is 2.90. The first-order valence-electron chi connectivity index (χ1n) is 7.66. The molecule has 7 nitrogen and oxygen atoms in total. The molecule has 0 spiro atoms. The van der Waals surface area contributed by atoms with Gasteiger partial charge in [-0.2, -0.15) is 0 Å². The zero-order chi connectivity index (χ0) is 19.3. The molecule has 0 aliphatic heterocycles. The monoisotopic (exact) mass is 380 g/mol. The van der Waals surface area contributed by atoms with Crippen LogP contribution in [0.1, 0.15) is 13.8 Å². The fourth-order valence-corrected chi connectivity index (χ4v) is 2.25. The van der Waals surface area contributed by atoms with Crippen molar-refractivity contribution in [1.29, 1.82) is 0 Å². The van der Waals surface area contributed by atoms with E-state index in [0.29, 0.717) is 5.57 Å². The largest absolute Gasteiger partial charge is 0.416 e. The lowest BCUT2D eigenvalue weighted by Crippen LogP contribution is -2.26. The molecule has 1 aromatic heterocycles. The second kappa shape index (κ2) is 8.48. The van der Waals surface area contributed by atoms with Gasteiger partial charge in [-0.15, -0.1) is 5.10 Å². The van der Waals surface area contributed by atoms with Crippen LogP contribution in [0.15, 0.2) is 47.3 Å². The highest BCUT2D eigenvalue weighted by Crippen LogP contribution is 2.20. The summed E-state index contributed by atoms with van der Waals surface area (Å²) < 4.78 is 20.6. The van der Waals surface area contributed by atoms with E-state index in [2.05, 4.69) is 15.6 Å². The molecule has 1 aromatic carbocycles. The molecule has 1 amide bonds. The summed E-state index contributed by atoms with van der Waals surface area (Å²) >= 11 is 5.73. The minimum atomic E-state index is -0.543. The van der Waals surface area contributed by atoms with Crippen LogP contribution in [0.25, 0.3) is 5.69 Å². The first kappa shape index (κ1) is 19.5. The van der Waals surface area contributed by atoms with Gasteiger partial charge in [0.25, 0.3) is 5.90 Å². The maximum Gasteiger partial charge on any atom is 0.256 e. The van der Waals surface area contributed by atoms with E-state index in [1.54, 1.807) is 13.8 Å². The van der Waals surface area contributed by atoms with E-state index in [4.69, 9.17) is 21.5 Å². The van der Waals surface area contributed by atoms with Crippen LogP contribution in [0.3, 0.4) is 0 Å². The third-order valence-electron chi connectivity index (χ3n) is 3.70. The van der Waals surface area contributed by atoms with E-state index in [-0.39, 0.29) is 28.4 Å². The van der Waals surface area contributed by atoms with E-state index in [1.165, 1.54) is 48.3 Å². The number of rotatable bonds is 5. The lowest BCUT2D eigenvalue weighted by Gasteiger charge is -2.10. The lowest BCUT2D eigenvalue weighted by molar-refractivity contribution is -0.122. The smallest absolute Gasteiger partial charge is 0.256 e. The van der Waals surface area contributed by atoms with Gasteiger partial charge in [0.05, 0.1) is 5.92 Å². The molecular formula is C17H18ClFN4O3. The summed E-state index contributed by atoms with van der Waals surface area (Å²) in [4.78, 5) is 11.6. The van der Waals surface area contributed by atoms with E-state index in [1.807, 2.05) is 0 Å². The molecule has 1 unspecified atom stereocenters. The Morgan fingerprint density at radius 1 is 1.50 bits per heavy atom. The average Bonchev–Trinajstić information content (AvgIpc) is 3.07. The number of nitrogens with zero attached hydrogens (tertiary/aromatic N) is 3. The number of aromatic nitrogens is 2. The molecule has 9 heteroatoms. The van der Waals surface area contributed by atoms with Crippen molar-refractivity contribution in [1.82, 2.24) is 15.1 Å². The van der Waals surface area contributed by atoms with Gasteiger partial charge in [-0.3, -0.25) is 4.79 Å². The zero-order valence-corrected chi connectivity index (χ0v) is 15.2. The van der Waals surface area contributed by atoms with Gasteiger partial charge in [-0.1, -0.05) is 17.2 Å². The number of carbonyl (C=O) groups excluding carboxylic acids is 1. The molecule has 0 saturated heterocycles. The van der Waals surface area contributed by atoms with Crippen LogP contribution in [0, 0.1) is 11.7 Å². The third-order valence-corrected chi connectivity index (χ3v) is 3.94. The van der Waals surface area contributed by atoms with Gasteiger partial charge in [0.2, 0.25) is 11.8 Å². The number of nitrogens with one attached hydrogen (secondary N) is 1. The third kappa shape index (κ3) is 4.60. The Hall–Kier alpha value is -2.87. The van der Waals surface area contributed by atoms with E-state index >= 15 is 0 Å². The number of carbonyl (C=O) groups is 1. The molecule has 26 heavy (non-hydrogen) atoms. The van der Waals surface area contributed by atoms with Gasteiger partial charge in [0, 0.05) is 30.4 Å². The molecule has 2 aromatic rings. The number of ether oxygens (including phenoxy) is 1.